The molecule has 0 aliphatic heterocycles. The molecule has 3 atom stereocenters. The summed E-state index contributed by atoms with van der Waals surface area (Å²) in [6, 6.07) is 5.63. The van der Waals surface area contributed by atoms with Crippen LogP contribution in [-0.2, 0) is 0 Å². The molecule has 1 N–H and O–H groups in total. The molecule has 2 aliphatic carbocycles. The van der Waals surface area contributed by atoms with Gasteiger partial charge in [0.05, 0.1) is 18.2 Å². The maximum atomic E-state index is 10.2. The van der Waals surface area contributed by atoms with Gasteiger partial charge in [0.1, 0.15) is 5.75 Å². The fraction of sp³-hybridized carbons (Fsp3) is 0.467. The summed E-state index contributed by atoms with van der Waals surface area (Å²) < 4.78 is 5.34. The summed E-state index contributed by atoms with van der Waals surface area (Å²) in [5.74, 6) is 1.76. The van der Waals surface area contributed by atoms with Gasteiger partial charge in [0, 0.05) is 5.56 Å². The first-order valence-corrected chi connectivity index (χ1v) is 6.80. The van der Waals surface area contributed by atoms with Gasteiger partial charge in [-0.2, -0.15) is 0 Å². The Morgan fingerprint density at radius 2 is 2.22 bits per heavy atom. The van der Waals surface area contributed by atoms with E-state index in [0.717, 1.165) is 29.7 Å². The van der Waals surface area contributed by atoms with E-state index < -0.39 is 0 Å². The summed E-state index contributed by atoms with van der Waals surface area (Å²) in [4.78, 5) is 0. The lowest BCUT2D eigenvalue weighted by molar-refractivity contribution is 0.155. The summed E-state index contributed by atoms with van der Waals surface area (Å²) in [6.07, 6.45) is 5.23. The van der Waals surface area contributed by atoms with Crippen LogP contribution in [0.1, 0.15) is 24.8 Å². The van der Waals surface area contributed by atoms with Crippen LogP contribution in [0.15, 0.2) is 23.8 Å². The van der Waals surface area contributed by atoms with Crippen LogP contribution in [0.5, 0.6) is 5.75 Å². The van der Waals surface area contributed by atoms with E-state index in [1.165, 1.54) is 6.42 Å². The quantitative estimate of drug-likeness (QED) is 0.886. The molecule has 2 fully saturated rings. The van der Waals surface area contributed by atoms with Gasteiger partial charge in [-0.25, -0.2) is 0 Å². The molecule has 0 heterocycles. The number of halogens is 1. The number of aliphatic hydroxyl groups excluding tert-OH is 1. The summed E-state index contributed by atoms with van der Waals surface area (Å²) in [6.45, 7) is 0. The molecule has 3 rings (SSSR count). The summed E-state index contributed by atoms with van der Waals surface area (Å²) in [5, 5.41) is 10.9. The van der Waals surface area contributed by atoms with E-state index in [2.05, 4.69) is 0 Å². The third-order valence-corrected chi connectivity index (χ3v) is 4.61. The number of hydrogen-bond donors (Lipinski definition) is 1. The molecule has 0 saturated heterocycles. The zero-order valence-corrected chi connectivity index (χ0v) is 11.2. The van der Waals surface area contributed by atoms with Crippen molar-refractivity contribution >= 4 is 17.7 Å². The lowest BCUT2D eigenvalue weighted by Gasteiger charge is -2.20. The highest BCUT2D eigenvalue weighted by Crippen LogP contribution is 2.49. The summed E-state index contributed by atoms with van der Waals surface area (Å²) >= 11 is 6.23. The van der Waals surface area contributed by atoms with E-state index in [0.29, 0.717) is 16.9 Å². The second-order valence-electron chi connectivity index (χ2n) is 5.22. The third-order valence-electron chi connectivity index (χ3n) is 4.28. The monoisotopic (exact) mass is 264 g/mol. The van der Waals surface area contributed by atoms with Crippen molar-refractivity contribution in [3.8, 4) is 5.75 Å². The first-order valence-electron chi connectivity index (χ1n) is 6.42. The van der Waals surface area contributed by atoms with Gasteiger partial charge in [0.25, 0.3) is 0 Å². The Morgan fingerprint density at radius 1 is 1.39 bits per heavy atom. The average Bonchev–Trinajstić information content (AvgIpc) is 2.95. The minimum Gasteiger partial charge on any atom is -0.496 e. The van der Waals surface area contributed by atoms with Crippen molar-refractivity contribution in [1.29, 1.82) is 0 Å². The van der Waals surface area contributed by atoms with Crippen LogP contribution >= 0.6 is 11.6 Å². The zero-order valence-electron chi connectivity index (χ0n) is 10.4. The molecule has 1 aromatic rings. The molecule has 0 amide bonds. The van der Waals surface area contributed by atoms with Gasteiger partial charge in [0.2, 0.25) is 0 Å². The Hall–Kier alpha value is -0.990. The number of fused-ring (bicyclic) bond motifs is 2. The highest BCUT2D eigenvalue weighted by atomic mass is 35.5. The van der Waals surface area contributed by atoms with Gasteiger partial charge in [-0.05, 0) is 54.9 Å². The first kappa shape index (κ1) is 12.1. The lowest BCUT2D eigenvalue weighted by atomic mass is 9.90. The number of methoxy groups -OCH3 is 1. The Balaban J connectivity index is 2.02. The van der Waals surface area contributed by atoms with Gasteiger partial charge >= 0.3 is 0 Å². The van der Waals surface area contributed by atoms with Gasteiger partial charge < -0.3 is 9.84 Å². The fourth-order valence-corrected chi connectivity index (χ4v) is 3.55. The molecule has 2 saturated carbocycles. The predicted molar refractivity (Wildman–Crippen MR) is 72.8 cm³/mol. The van der Waals surface area contributed by atoms with Crippen molar-refractivity contribution in [2.24, 2.45) is 11.8 Å². The van der Waals surface area contributed by atoms with Crippen molar-refractivity contribution in [3.05, 3.63) is 34.4 Å². The predicted octanol–water partition coefficient (Wildman–Crippen LogP) is 3.52. The first-order chi connectivity index (χ1) is 8.70. The Kier molecular flexibility index (Phi) is 3.08. The number of hydrogen-bond acceptors (Lipinski definition) is 2. The van der Waals surface area contributed by atoms with E-state index >= 15 is 0 Å². The standard InChI is InChI=1S/C15H17ClO2/c1-18-14-4-2-3-13(16)12(14)8-11-9-5-6-10(7-9)15(11)17/h2-4,8-10,15,17H,5-7H2,1H3/b11-8+/t9?,10-,15?/m1/s1. The molecule has 0 spiro atoms. The summed E-state index contributed by atoms with van der Waals surface area (Å²) in [5.41, 5.74) is 2.03. The van der Waals surface area contributed by atoms with Crippen molar-refractivity contribution in [2.45, 2.75) is 25.4 Å². The molecule has 0 aromatic heterocycles. The molecular formula is C15H17ClO2. The van der Waals surface area contributed by atoms with Gasteiger partial charge in [-0.1, -0.05) is 17.7 Å². The van der Waals surface area contributed by atoms with Crippen molar-refractivity contribution in [3.63, 3.8) is 0 Å². The topological polar surface area (TPSA) is 29.5 Å². The van der Waals surface area contributed by atoms with Crippen LogP contribution in [0.3, 0.4) is 0 Å². The molecule has 18 heavy (non-hydrogen) atoms. The smallest absolute Gasteiger partial charge is 0.127 e. The van der Waals surface area contributed by atoms with Crippen molar-refractivity contribution in [2.75, 3.05) is 7.11 Å². The molecule has 96 valence electrons. The van der Waals surface area contributed by atoms with E-state index in [4.69, 9.17) is 16.3 Å². The molecule has 1 aromatic carbocycles. The molecule has 2 aliphatic rings. The van der Waals surface area contributed by atoms with Crippen LogP contribution < -0.4 is 4.74 Å². The Labute approximate surface area is 112 Å². The van der Waals surface area contributed by atoms with Crippen molar-refractivity contribution < 1.29 is 9.84 Å². The summed E-state index contributed by atoms with van der Waals surface area (Å²) in [7, 11) is 1.64. The maximum absolute atomic E-state index is 10.2. The van der Waals surface area contributed by atoms with Gasteiger partial charge in [-0.3, -0.25) is 0 Å². The third kappa shape index (κ3) is 1.84. The van der Waals surface area contributed by atoms with E-state index in [-0.39, 0.29) is 6.10 Å². The SMILES string of the molecule is COc1cccc(Cl)c1/C=C1\C2CC[C@H](C2)C1O. The van der Waals surface area contributed by atoms with Crippen LogP contribution in [-0.4, -0.2) is 18.3 Å². The zero-order chi connectivity index (χ0) is 12.7. The van der Waals surface area contributed by atoms with Gasteiger partial charge in [-0.15, -0.1) is 0 Å². The highest BCUT2D eigenvalue weighted by molar-refractivity contribution is 6.32. The molecule has 2 bridgehead atoms. The molecule has 2 unspecified atom stereocenters. The van der Waals surface area contributed by atoms with Crippen LogP contribution in [0.2, 0.25) is 5.02 Å². The van der Waals surface area contributed by atoms with Gasteiger partial charge in [0.15, 0.2) is 0 Å². The normalized spacial score (nSPS) is 32.2. The Bertz CT molecular complexity index is 491. The molecule has 3 heteroatoms. The number of rotatable bonds is 2. The number of ether oxygens (including phenoxy) is 1. The van der Waals surface area contributed by atoms with Crippen LogP contribution in [0, 0.1) is 11.8 Å². The lowest BCUT2D eigenvalue weighted by Crippen LogP contribution is -2.18. The minimum absolute atomic E-state index is 0.287. The second-order valence-corrected chi connectivity index (χ2v) is 5.62. The van der Waals surface area contributed by atoms with E-state index in [1.807, 2.05) is 24.3 Å². The van der Waals surface area contributed by atoms with E-state index in [9.17, 15) is 5.11 Å². The minimum atomic E-state index is -0.287. The largest absolute Gasteiger partial charge is 0.496 e. The molecule has 0 radical (unpaired) electrons. The van der Waals surface area contributed by atoms with Crippen LogP contribution in [0.25, 0.3) is 6.08 Å². The second kappa shape index (κ2) is 4.60. The Morgan fingerprint density at radius 3 is 2.89 bits per heavy atom. The van der Waals surface area contributed by atoms with Crippen LogP contribution in [0.4, 0.5) is 0 Å². The molecule has 2 nitrogen and oxygen atoms in total. The molecular weight excluding hydrogens is 248 g/mol. The average molecular weight is 265 g/mol. The van der Waals surface area contributed by atoms with Crippen molar-refractivity contribution in [1.82, 2.24) is 0 Å². The number of aliphatic hydroxyl groups is 1. The maximum Gasteiger partial charge on any atom is 0.127 e. The highest BCUT2D eigenvalue weighted by Gasteiger charge is 2.42. The fourth-order valence-electron chi connectivity index (χ4n) is 3.32. The van der Waals surface area contributed by atoms with E-state index in [1.54, 1.807) is 7.11 Å². The number of benzene rings is 1.